The average molecular weight is 981 g/mol. The Kier molecular flexibility index (Phi) is 20.5. The summed E-state index contributed by atoms with van der Waals surface area (Å²) in [5.41, 5.74) is 7.87. The number of anilines is 1. The van der Waals surface area contributed by atoms with E-state index in [9.17, 15) is 42.3 Å². The van der Waals surface area contributed by atoms with Crippen molar-refractivity contribution in [1.82, 2.24) is 46.1 Å². The number of nitrogens with two attached hydrogens (primary N) is 1. The van der Waals surface area contributed by atoms with Crippen LogP contribution in [0.15, 0.2) is 47.3 Å². The van der Waals surface area contributed by atoms with Crippen LogP contribution in [-0.4, -0.2) is 126 Å². The van der Waals surface area contributed by atoms with Crippen LogP contribution in [0.2, 0.25) is 0 Å². The van der Waals surface area contributed by atoms with Gasteiger partial charge < -0.3 is 56.2 Å². The van der Waals surface area contributed by atoms with Crippen LogP contribution in [0.1, 0.15) is 87.2 Å². The summed E-state index contributed by atoms with van der Waals surface area (Å²) < 4.78 is 50.1. The maximum atomic E-state index is 13.7. The Morgan fingerprint density at radius 2 is 1.59 bits per heavy atom. The molecule has 1 aliphatic rings. The van der Waals surface area contributed by atoms with Gasteiger partial charge in [-0.15, -0.1) is 0 Å². The number of aromatic amines is 1. The van der Waals surface area contributed by atoms with Crippen molar-refractivity contribution in [3.8, 4) is 6.01 Å². The molecule has 8 N–H and O–H groups in total. The van der Waals surface area contributed by atoms with E-state index < -0.39 is 77.4 Å². The molecule has 1 fully saturated rings. The molecule has 0 saturated heterocycles. The Hall–Kier alpha value is -7.01. The number of amides is 5. The van der Waals surface area contributed by atoms with E-state index in [-0.39, 0.29) is 89.2 Å². The molecule has 4 atom stereocenters. The summed E-state index contributed by atoms with van der Waals surface area (Å²) >= 11 is 0. The molecule has 23 heteroatoms. The lowest BCUT2D eigenvalue weighted by molar-refractivity contribution is -0.143. The molecule has 0 bridgehead atoms. The SMILES string of the molecule is CCCCOc1nc(N)c2[nH]c(=O)n(Cc3ccc(C(=O)NCCOCCOCCNC(=O)[C@@H](CCC(=O)OCC)NC(=O)C(NC(=O)CNC(=O)C4CC4c4ccc(F)c(F)c4)C(C)C)cc3)c2n1. The number of imidazole rings is 1. The van der Waals surface area contributed by atoms with E-state index >= 15 is 0 Å². The fraction of sp³-hybridized carbons (Fsp3) is 0.511. The van der Waals surface area contributed by atoms with Gasteiger partial charge in [-0.1, -0.05) is 45.4 Å². The zero-order chi connectivity index (χ0) is 50.7. The van der Waals surface area contributed by atoms with Crippen molar-refractivity contribution in [2.75, 3.05) is 65.0 Å². The first kappa shape index (κ1) is 53.9. The molecule has 380 valence electrons. The molecule has 70 heavy (non-hydrogen) atoms. The maximum absolute atomic E-state index is 13.7. The molecule has 0 radical (unpaired) electrons. The van der Waals surface area contributed by atoms with E-state index in [1.807, 2.05) is 6.92 Å². The van der Waals surface area contributed by atoms with Gasteiger partial charge in [0.05, 0.1) is 52.7 Å². The Bertz CT molecular complexity index is 2500. The Balaban J connectivity index is 0.981. The second-order valence-corrected chi connectivity index (χ2v) is 16.8. The summed E-state index contributed by atoms with van der Waals surface area (Å²) in [5, 5.41) is 13.2. The number of carbonyl (C=O) groups is 6. The van der Waals surface area contributed by atoms with Gasteiger partial charge in [0.25, 0.3) is 5.91 Å². The number of aromatic nitrogens is 4. The maximum Gasteiger partial charge on any atom is 0.328 e. The molecule has 5 amide bonds. The predicted molar refractivity (Wildman–Crippen MR) is 250 cm³/mol. The van der Waals surface area contributed by atoms with Gasteiger partial charge in [-0.3, -0.25) is 33.3 Å². The molecular formula is C47H62F2N10O11. The lowest BCUT2D eigenvalue weighted by Crippen LogP contribution is -2.56. The van der Waals surface area contributed by atoms with Crippen LogP contribution in [0.4, 0.5) is 14.6 Å². The average Bonchev–Trinajstić information content (AvgIpc) is 4.08. The fourth-order valence-electron chi connectivity index (χ4n) is 7.20. The molecule has 4 aromatic rings. The number of fused-ring (bicyclic) bond motifs is 1. The minimum Gasteiger partial charge on any atom is -0.466 e. The first-order valence-electron chi connectivity index (χ1n) is 23.3. The lowest BCUT2D eigenvalue weighted by atomic mass is 10.0. The van der Waals surface area contributed by atoms with Crippen LogP contribution < -0.4 is 42.7 Å². The van der Waals surface area contributed by atoms with Crippen molar-refractivity contribution in [2.45, 2.75) is 84.3 Å². The number of halogens is 2. The van der Waals surface area contributed by atoms with Crippen molar-refractivity contribution < 1.29 is 56.5 Å². The number of benzene rings is 2. The van der Waals surface area contributed by atoms with Crippen LogP contribution in [-0.2, 0) is 44.7 Å². The third-order valence-electron chi connectivity index (χ3n) is 11.1. The van der Waals surface area contributed by atoms with Crippen LogP contribution >= 0.6 is 0 Å². The summed E-state index contributed by atoms with van der Waals surface area (Å²) in [5.74, 6) is -6.47. The van der Waals surface area contributed by atoms with Gasteiger partial charge in [-0.2, -0.15) is 9.97 Å². The highest BCUT2D eigenvalue weighted by atomic mass is 19.2. The van der Waals surface area contributed by atoms with Gasteiger partial charge in [0, 0.05) is 31.0 Å². The van der Waals surface area contributed by atoms with Crippen molar-refractivity contribution in [2.24, 2.45) is 11.8 Å². The summed E-state index contributed by atoms with van der Waals surface area (Å²) in [7, 11) is 0. The molecule has 1 aliphatic carbocycles. The molecule has 3 unspecified atom stereocenters. The number of nitrogens with zero attached hydrogens (tertiary/aromatic N) is 3. The molecule has 2 aromatic heterocycles. The summed E-state index contributed by atoms with van der Waals surface area (Å²) in [6, 6.07) is 7.99. The first-order chi connectivity index (χ1) is 33.6. The monoisotopic (exact) mass is 980 g/mol. The molecule has 2 heterocycles. The minimum atomic E-state index is -1.18. The van der Waals surface area contributed by atoms with Gasteiger partial charge in [0.15, 0.2) is 23.1 Å². The zero-order valence-corrected chi connectivity index (χ0v) is 39.7. The van der Waals surface area contributed by atoms with Crippen molar-refractivity contribution in [1.29, 1.82) is 0 Å². The number of hydrogen-bond donors (Lipinski definition) is 7. The van der Waals surface area contributed by atoms with Gasteiger partial charge in [-0.05, 0) is 73.4 Å². The Labute approximate surface area is 402 Å². The number of esters is 1. The van der Waals surface area contributed by atoms with Crippen molar-refractivity contribution >= 4 is 52.5 Å². The molecule has 1 saturated carbocycles. The Morgan fingerprint density at radius 1 is 0.871 bits per heavy atom. The smallest absolute Gasteiger partial charge is 0.328 e. The van der Waals surface area contributed by atoms with E-state index in [0.29, 0.717) is 35.3 Å². The van der Waals surface area contributed by atoms with Gasteiger partial charge >= 0.3 is 17.7 Å². The first-order valence-corrected chi connectivity index (χ1v) is 23.3. The summed E-state index contributed by atoms with van der Waals surface area (Å²) in [6.45, 7) is 8.19. The highest BCUT2D eigenvalue weighted by Gasteiger charge is 2.44. The third-order valence-corrected chi connectivity index (χ3v) is 11.1. The topological polar surface area (TPSA) is 289 Å². The molecular weight excluding hydrogens is 919 g/mol. The number of nitrogens with one attached hydrogen (secondary N) is 6. The van der Waals surface area contributed by atoms with E-state index in [0.717, 1.165) is 30.5 Å². The van der Waals surface area contributed by atoms with Gasteiger partial charge in [0.2, 0.25) is 23.6 Å². The van der Waals surface area contributed by atoms with Gasteiger partial charge in [-0.25, -0.2) is 13.6 Å². The van der Waals surface area contributed by atoms with E-state index in [1.54, 1.807) is 45.0 Å². The van der Waals surface area contributed by atoms with E-state index in [1.165, 1.54) is 10.6 Å². The molecule has 0 spiro atoms. The minimum absolute atomic E-state index is 0.0536. The van der Waals surface area contributed by atoms with Crippen LogP contribution in [0.25, 0.3) is 11.2 Å². The second-order valence-electron chi connectivity index (χ2n) is 16.8. The fourth-order valence-corrected chi connectivity index (χ4v) is 7.20. The number of H-pyrrole nitrogens is 1. The molecule has 2 aromatic carbocycles. The quantitative estimate of drug-likeness (QED) is 0.0303. The largest absolute Gasteiger partial charge is 0.466 e. The lowest BCUT2D eigenvalue weighted by Gasteiger charge is -2.25. The van der Waals surface area contributed by atoms with Crippen molar-refractivity contribution in [3.05, 3.63) is 81.3 Å². The normalized spacial score (nSPS) is 14.9. The highest BCUT2D eigenvalue weighted by molar-refractivity contribution is 5.95. The second kappa shape index (κ2) is 26.7. The Morgan fingerprint density at radius 3 is 2.26 bits per heavy atom. The van der Waals surface area contributed by atoms with Gasteiger partial charge in [0.1, 0.15) is 17.6 Å². The standard InChI is InChI=1S/C47H62F2N10O11/c1-5-7-18-70-46-57-40(50)39-41(58-46)59(47(66)56-39)26-28-8-10-29(11-9-28)42(62)51-16-19-67-21-22-68-20-17-52-44(64)35(14-15-37(61)69-6-2)54-45(65)38(27(3)4)55-36(60)25-53-43(63)32-24-31(32)30-12-13-33(48)34(49)23-30/h8-13,23,27,31-32,35,38H,5-7,14-22,24-26H2,1-4H3,(H,51,62)(H,52,64)(H,53,63)(H,54,65)(H,55,60)(H,56,66)(H2,50,57,58)/t31?,32?,35-,38?/m1/s1. The summed E-state index contributed by atoms with van der Waals surface area (Å²) in [6.07, 6.45) is 1.87. The van der Waals surface area contributed by atoms with E-state index in [2.05, 4.69) is 41.5 Å². The highest BCUT2D eigenvalue weighted by Crippen LogP contribution is 2.47. The number of carbonyl (C=O) groups excluding carboxylic acids is 6. The predicted octanol–water partition coefficient (Wildman–Crippen LogP) is 1.98. The zero-order valence-electron chi connectivity index (χ0n) is 39.7. The number of hydrogen-bond acceptors (Lipinski definition) is 14. The van der Waals surface area contributed by atoms with Crippen LogP contribution in [0.5, 0.6) is 6.01 Å². The molecule has 5 rings (SSSR count). The van der Waals surface area contributed by atoms with Crippen molar-refractivity contribution in [3.63, 3.8) is 0 Å². The number of ether oxygens (including phenoxy) is 4. The molecule has 21 nitrogen and oxygen atoms in total. The number of nitrogen functional groups attached to an aromatic ring is 1. The van der Waals surface area contributed by atoms with Crippen LogP contribution in [0, 0.1) is 23.5 Å². The molecule has 0 aliphatic heterocycles. The van der Waals surface area contributed by atoms with Crippen LogP contribution in [0.3, 0.4) is 0 Å². The summed E-state index contributed by atoms with van der Waals surface area (Å²) in [4.78, 5) is 101. The third kappa shape index (κ3) is 16.0. The number of unbranched alkanes of at least 4 members (excludes halogenated alkanes) is 1. The number of rotatable bonds is 29. The van der Waals surface area contributed by atoms with E-state index in [4.69, 9.17) is 24.7 Å².